The number of rotatable bonds is 10. The number of anilines is 1. The molecule has 2 aliphatic rings. The fraction of sp³-hybridized carbons (Fsp3) is 0.524. The van der Waals surface area contributed by atoms with Gasteiger partial charge in [0.05, 0.1) is 13.2 Å². The lowest BCUT2D eigenvalue weighted by Crippen LogP contribution is -2.52. The predicted octanol–water partition coefficient (Wildman–Crippen LogP) is -0.547. The number of piperidine rings is 1. The van der Waals surface area contributed by atoms with Crippen LogP contribution >= 0.6 is 0 Å². The van der Waals surface area contributed by atoms with Gasteiger partial charge in [0.25, 0.3) is 5.91 Å². The van der Waals surface area contributed by atoms with Crippen LogP contribution in [0.1, 0.15) is 41.6 Å². The molecule has 4 N–H and O–H groups in total. The number of hydrogen-bond donors (Lipinski definition) is 4. The van der Waals surface area contributed by atoms with Gasteiger partial charge < -0.3 is 20.4 Å². The topological polar surface area (TPSA) is 139 Å². The minimum Gasteiger partial charge on any atom is -0.395 e. The monoisotopic (exact) mass is 432 g/mol. The molecule has 0 radical (unpaired) electrons. The highest BCUT2D eigenvalue weighted by Crippen LogP contribution is 2.32. The number of nitrogens with one attached hydrogen (secondary N) is 2. The highest BCUT2D eigenvalue weighted by Gasteiger charge is 2.39. The summed E-state index contributed by atoms with van der Waals surface area (Å²) >= 11 is 0. The molecular weight excluding hydrogens is 404 g/mol. The van der Waals surface area contributed by atoms with E-state index in [1.165, 1.54) is 4.90 Å². The van der Waals surface area contributed by atoms with Crippen LogP contribution in [0.2, 0.25) is 0 Å². The Morgan fingerprint density at radius 2 is 1.90 bits per heavy atom. The SMILES string of the molecule is O=C1CCC(N2Cc3c(NC(=O)CCCN(CCO)CCO)cccc3C2=O)C(=O)N1. The Balaban J connectivity index is 1.60. The lowest BCUT2D eigenvalue weighted by molar-refractivity contribution is -0.137. The van der Waals surface area contributed by atoms with Crippen LogP contribution in [0.15, 0.2) is 18.2 Å². The zero-order valence-corrected chi connectivity index (χ0v) is 17.3. The number of carbonyl (C=O) groups excluding carboxylic acids is 4. The zero-order chi connectivity index (χ0) is 22.4. The summed E-state index contributed by atoms with van der Waals surface area (Å²) in [6.07, 6.45) is 1.28. The summed E-state index contributed by atoms with van der Waals surface area (Å²) in [7, 11) is 0. The number of aliphatic hydroxyl groups excluding tert-OH is 2. The Kier molecular flexibility index (Phi) is 7.72. The second-order valence-electron chi connectivity index (χ2n) is 7.67. The molecule has 1 aromatic rings. The third kappa shape index (κ3) is 5.46. The third-order valence-corrected chi connectivity index (χ3v) is 5.57. The van der Waals surface area contributed by atoms with Crippen molar-refractivity contribution in [1.29, 1.82) is 0 Å². The van der Waals surface area contributed by atoms with E-state index in [2.05, 4.69) is 10.6 Å². The Morgan fingerprint density at radius 1 is 1.16 bits per heavy atom. The molecule has 1 fully saturated rings. The molecule has 31 heavy (non-hydrogen) atoms. The standard InChI is InChI=1S/C21H28N4O6/c26-11-9-24(10-12-27)8-2-5-18(28)22-16-4-1-3-14-15(16)13-25(21(14)31)17-6-7-19(29)23-20(17)30/h1,3-4,17,26-27H,2,5-13H2,(H,22,28)(H,23,29,30). The van der Waals surface area contributed by atoms with Crippen molar-refractivity contribution in [2.24, 2.45) is 0 Å². The summed E-state index contributed by atoms with van der Waals surface area (Å²) in [6.45, 7) is 1.61. The van der Waals surface area contributed by atoms with Crippen LogP contribution in [0.5, 0.6) is 0 Å². The molecule has 2 heterocycles. The Hall–Kier alpha value is -2.82. The summed E-state index contributed by atoms with van der Waals surface area (Å²) in [5.74, 6) is -1.30. The van der Waals surface area contributed by atoms with Gasteiger partial charge in [0.2, 0.25) is 17.7 Å². The number of amides is 4. The zero-order valence-electron chi connectivity index (χ0n) is 17.3. The van der Waals surface area contributed by atoms with E-state index in [0.29, 0.717) is 42.9 Å². The van der Waals surface area contributed by atoms with Gasteiger partial charge in [-0.15, -0.1) is 0 Å². The maximum Gasteiger partial charge on any atom is 0.255 e. The Labute approximate surface area is 180 Å². The first-order valence-corrected chi connectivity index (χ1v) is 10.4. The van der Waals surface area contributed by atoms with E-state index < -0.39 is 11.9 Å². The van der Waals surface area contributed by atoms with Crippen LogP contribution in [0.3, 0.4) is 0 Å². The fourth-order valence-corrected chi connectivity index (χ4v) is 4.00. The summed E-state index contributed by atoms with van der Waals surface area (Å²) in [6, 6.07) is 4.37. The quantitative estimate of drug-likeness (QED) is 0.364. The lowest BCUT2D eigenvalue weighted by atomic mass is 10.0. The Bertz CT molecular complexity index is 852. The van der Waals surface area contributed by atoms with Gasteiger partial charge in [-0.05, 0) is 31.5 Å². The molecule has 10 heteroatoms. The number of benzene rings is 1. The Morgan fingerprint density at radius 3 is 2.58 bits per heavy atom. The summed E-state index contributed by atoms with van der Waals surface area (Å²) < 4.78 is 0. The third-order valence-electron chi connectivity index (χ3n) is 5.57. The summed E-state index contributed by atoms with van der Waals surface area (Å²) in [5.41, 5.74) is 1.64. The molecule has 0 bridgehead atoms. The van der Waals surface area contributed by atoms with Gasteiger partial charge in [-0.3, -0.25) is 29.4 Å². The van der Waals surface area contributed by atoms with Crippen LogP contribution in [0.25, 0.3) is 0 Å². The van der Waals surface area contributed by atoms with Crippen molar-refractivity contribution in [3.8, 4) is 0 Å². The second kappa shape index (κ2) is 10.5. The van der Waals surface area contributed by atoms with E-state index in [9.17, 15) is 19.2 Å². The molecule has 1 aromatic carbocycles. The van der Waals surface area contributed by atoms with Crippen LogP contribution in [-0.2, 0) is 20.9 Å². The van der Waals surface area contributed by atoms with Crippen molar-refractivity contribution in [2.75, 3.05) is 38.2 Å². The molecule has 2 aliphatic heterocycles. The minimum atomic E-state index is -0.704. The first-order valence-electron chi connectivity index (χ1n) is 10.4. The molecule has 0 spiro atoms. The average molecular weight is 432 g/mol. The van der Waals surface area contributed by atoms with Gasteiger partial charge >= 0.3 is 0 Å². The molecule has 10 nitrogen and oxygen atoms in total. The first-order chi connectivity index (χ1) is 14.9. The number of carbonyl (C=O) groups is 4. The van der Waals surface area contributed by atoms with E-state index in [-0.39, 0.29) is 56.7 Å². The summed E-state index contributed by atoms with van der Waals surface area (Å²) in [5, 5.41) is 23.2. The van der Waals surface area contributed by atoms with E-state index in [0.717, 1.165) is 0 Å². The molecule has 3 rings (SSSR count). The lowest BCUT2D eigenvalue weighted by Gasteiger charge is -2.29. The maximum absolute atomic E-state index is 12.8. The molecule has 168 valence electrons. The largest absolute Gasteiger partial charge is 0.395 e. The van der Waals surface area contributed by atoms with Gasteiger partial charge in [0.15, 0.2) is 0 Å². The highest BCUT2D eigenvalue weighted by atomic mass is 16.3. The number of fused-ring (bicyclic) bond motifs is 1. The number of aliphatic hydroxyl groups is 2. The second-order valence-corrected chi connectivity index (χ2v) is 7.67. The summed E-state index contributed by atoms with van der Waals surface area (Å²) in [4.78, 5) is 52.2. The van der Waals surface area contributed by atoms with Gasteiger partial charge in [-0.2, -0.15) is 0 Å². The van der Waals surface area contributed by atoms with Gasteiger partial charge in [0.1, 0.15) is 6.04 Å². The normalized spacial score (nSPS) is 18.4. The average Bonchev–Trinajstić information content (AvgIpc) is 3.06. The minimum absolute atomic E-state index is 0.0138. The van der Waals surface area contributed by atoms with Gasteiger partial charge in [0, 0.05) is 49.3 Å². The van der Waals surface area contributed by atoms with Crippen LogP contribution in [0, 0.1) is 0 Å². The molecular formula is C21H28N4O6. The molecule has 0 saturated carbocycles. The maximum atomic E-state index is 12.8. The predicted molar refractivity (Wildman–Crippen MR) is 111 cm³/mol. The fourth-order valence-electron chi connectivity index (χ4n) is 4.00. The van der Waals surface area contributed by atoms with Crippen LogP contribution in [0.4, 0.5) is 5.69 Å². The molecule has 1 saturated heterocycles. The molecule has 0 aromatic heterocycles. The number of imide groups is 1. The number of hydrogen-bond acceptors (Lipinski definition) is 7. The first kappa shape index (κ1) is 22.9. The molecule has 1 unspecified atom stereocenters. The number of nitrogens with zero attached hydrogens (tertiary/aromatic N) is 2. The van der Waals surface area contributed by atoms with Gasteiger partial charge in [-0.25, -0.2) is 0 Å². The van der Waals surface area contributed by atoms with Crippen molar-refractivity contribution < 1.29 is 29.4 Å². The molecule has 4 amide bonds. The van der Waals surface area contributed by atoms with Crippen molar-refractivity contribution in [1.82, 2.24) is 15.1 Å². The van der Waals surface area contributed by atoms with Crippen molar-refractivity contribution in [3.63, 3.8) is 0 Å². The molecule has 0 aliphatic carbocycles. The smallest absolute Gasteiger partial charge is 0.255 e. The van der Waals surface area contributed by atoms with Crippen LogP contribution < -0.4 is 10.6 Å². The van der Waals surface area contributed by atoms with Crippen molar-refractivity contribution in [3.05, 3.63) is 29.3 Å². The van der Waals surface area contributed by atoms with E-state index in [1.54, 1.807) is 18.2 Å². The van der Waals surface area contributed by atoms with E-state index in [4.69, 9.17) is 10.2 Å². The van der Waals surface area contributed by atoms with Crippen LogP contribution in [-0.4, -0.2) is 82.5 Å². The van der Waals surface area contributed by atoms with Crippen molar-refractivity contribution in [2.45, 2.75) is 38.3 Å². The highest BCUT2D eigenvalue weighted by molar-refractivity contribution is 6.06. The van der Waals surface area contributed by atoms with E-state index in [1.807, 2.05) is 4.90 Å². The van der Waals surface area contributed by atoms with E-state index >= 15 is 0 Å². The van der Waals surface area contributed by atoms with Crippen molar-refractivity contribution >= 4 is 29.3 Å². The molecule has 1 atom stereocenters. The van der Waals surface area contributed by atoms with Gasteiger partial charge in [-0.1, -0.05) is 6.07 Å².